The Morgan fingerprint density at radius 2 is 1.55 bits per heavy atom. The molecule has 0 unspecified atom stereocenters. The number of amides is 1. The molecule has 0 saturated carbocycles. The second-order valence-electron chi connectivity index (χ2n) is 4.42. The van der Waals surface area contributed by atoms with Crippen molar-refractivity contribution in [2.45, 2.75) is 6.04 Å². The number of carbonyl (C=O) groups is 1. The zero-order valence-electron chi connectivity index (χ0n) is 10.5. The molecule has 1 atom stereocenters. The van der Waals surface area contributed by atoms with Gasteiger partial charge in [0.05, 0.1) is 9.62 Å². The predicted octanol–water partition coefficient (Wildman–Crippen LogP) is 4.27. The van der Waals surface area contributed by atoms with E-state index in [0.29, 0.717) is 5.76 Å². The van der Waals surface area contributed by atoms with Crippen LogP contribution in [0.15, 0.2) is 64.2 Å². The fourth-order valence-electron chi connectivity index (χ4n) is 2.14. The van der Waals surface area contributed by atoms with Crippen molar-refractivity contribution in [3.8, 4) is 0 Å². The number of benzene rings is 2. The molecule has 0 saturated heterocycles. The molecule has 1 aliphatic rings. The molecule has 2 aromatic carbocycles. The van der Waals surface area contributed by atoms with Gasteiger partial charge in [-0.15, -0.1) is 0 Å². The summed E-state index contributed by atoms with van der Waals surface area (Å²) in [6.45, 7) is 0. The molecule has 2 aromatic rings. The van der Waals surface area contributed by atoms with Crippen LogP contribution in [0.1, 0.15) is 17.2 Å². The quantitative estimate of drug-likeness (QED) is 0.794. The maximum absolute atomic E-state index is 11.8. The van der Waals surface area contributed by atoms with E-state index in [4.69, 9.17) is 4.74 Å². The lowest BCUT2D eigenvalue weighted by Crippen LogP contribution is -2.33. The molecule has 0 aliphatic carbocycles. The highest BCUT2D eigenvalue weighted by Crippen LogP contribution is 2.37. The second-order valence-corrected chi connectivity index (χ2v) is 5.58. The van der Waals surface area contributed by atoms with Crippen molar-refractivity contribution in [3.63, 3.8) is 0 Å². The van der Waals surface area contributed by atoms with Gasteiger partial charge in [-0.2, -0.15) is 0 Å². The van der Waals surface area contributed by atoms with Gasteiger partial charge < -0.3 is 10.1 Å². The van der Waals surface area contributed by atoms with Crippen LogP contribution in [0.5, 0.6) is 0 Å². The van der Waals surface area contributed by atoms with Crippen LogP contribution >= 0.6 is 22.6 Å². The fraction of sp³-hybridized carbons (Fsp3) is 0.0625. The Bertz CT molecular complexity index is 653. The third kappa shape index (κ3) is 2.56. The Morgan fingerprint density at radius 1 is 0.950 bits per heavy atom. The van der Waals surface area contributed by atoms with Crippen molar-refractivity contribution >= 4 is 34.4 Å². The van der Waals surface area contributed by atoms with Crippen LogP contribution in [0.3, 0.4) is 0 Å². The number of alkyl carbamates (subject to hydrolysis) is 1. The molecule has 20 heavy (non-hydrogen) atoms. The van der Waals surface area contributed by atoms with Gasteiger partial charge in [0.1, 0.15) is 0 Å². The summed E-state index contributed by atoms with van der Waals surface area (Å²) in [6, 6.07) is 19.4. The molecule has 0 bridgehead atoms. The van der Waals surface area contributed by atoms with Crippen LogP contribution in [-0.4, -0.2) is 6.09 Å². The summed E-state index contributed by atoms with van der Waals surface area (Å²) in [5, 5.41) is 2.86. The number of halogens is 1. The van der Waals surface area contributed by atoms with Crippen molar-refractivity contribution in [2.24, 2.45) is 0 Å². The van der Waals surface area contributed by atoms with Gasteiger partial charge in [0.25, 0.3) is 0 Å². The largest absolute Gasteiger partial charge is 0.413 e. The van der Waals surface area contributed by atoms with Crippen LogP contribution in [-0.2, 0) is 4.74 Å². The van der Waals surface area contributed by atoms with Gasteiger partial charge in [-0.1, -0.05) is 60.7 Å². The SMILES string of the molecule is O=C1N[C@@H](c2ccccc2)C(I)=C(c2ccccc2)O1. The predicted molar refractivity (Wildman–Crippen MR) is 86.2 cm³/mol. The molecule has 4 heteroatoms. The number of nitrogens with one attached hydrogen (secondary N) is 1. The summed E-state index contributed by atoms with van der Waals surface area (Å²) in [6.07, 6.45) is -0.418. The number of rotatable bonds is 2. The number of carbonyl (C=O) groups excluding carboxylic acids is 1. The van der Waals surface area contributed by atoms with E-state index in [9.17, 15) is 4.79 Å². The minimum atomic E-state index is -0.418. The Morgan fingerprint density at radius 3 is 2.20 bits per heavy atom. The Kier molecular flexibility index (Phi) is 3.73. The van der Waals surface area contributed by atoms with E-state index in [1.54, 1.807) is 0 Å². The third-order valence-corrected chi connectivity index (χ3v) is 4.21. The summed E-state index contributed by atoms with van der Waals surface area (Å²) in [7, 11) is 0. The Hall–Kier alpha value is -1.82. The van der Waals surface area contributed by atoms with Gasteiger partial charge in [0, 0.05) is 5.56 Å². The Labute approximate surface area is 130 Å². The normalized spacial score (nSPS) is 18.4. The van der Waals surface area contributed by atoms with E-state index in [2.05, 4.69) is 27.9 Å². The molecule has 1 heterocycles. The lowest BCUT2D eigenvalue weighted by molar-refractivity contribution is 0.184. The van der Waals surface area contributed by atoms with Crippen molar-refractivity contribution in [3.05, 3.63) is 75.4 Å². The lowest BCUT2D eigenvalue weighted by atomic mass is 10.0. The van der Waals surface area contributed by atoms with E-state index < -0.39 is 6.09 Å². The van der Waals surface area contributed by atoms with Gasteiger partial charge in [-0.3, -0.25) is 0 Å². The van der Waals surface area contributed by atoms with Gasteiger partial charge in [0.2, 0.25) is 0 Å². The van der Waals surface area contributed by atoms with Crippen molar-refractivity contribution in [1.82, 2.24) is 5.32 Å². The first-order valence-corrected chi connectivity index (χ1v) is 7.32. The molecule has 1 amide bonds. The average molecular weight is 377 g/mol. The smallest absolute Gasteiger partial charge is 0.409 e. The topological polar surface area (TPSA) is 38.3 Å². The third-order valence-electron chi connectivity index (χ3n) is 3.10. The van der Waals surface area contributed by atoms with E-state index >= 15 is 0 Å². The van der Waals surface area contributed by atoms with Crippen LogP contribution in [0.2, 0.25) is 0 Å². The van der Waals surface area contributed by atoms with E-state index in [1.807, 2.05) is 60.7 Å². The van der Waals surface area contributed by atoms with Crippen molar-refractivity contribution < 1.29 is 9.53 Å². The van der Waals surface area contributed by atoms with E-state index in [1.165, 1.54) is 0 Å². The molecule has 0 radical (unpaired) electrons. The number of hydrogen-bond acceptors (Lipinski definition) is 2. The standard InChI is InChI=1S/C16H12INO2/c17-13-14(11-7-3-1-4-8-11)18-16(19)20-15(13)12-9-5-2-6-10-12/h1-10,14H,(H,18,19)/t14-/m0/s1. The molecule has 3 nitrogen and oxygen atoms in total. The first kappa shape index (κ1) is 13.2. The van der Waals surface area contributed by atoms with Gasteiger partial charge in [0.15, 0.2) is 5.76 Å². The minimum absolute atomic E-state index is 0.159. The van der Waals surface area contributed by atoms with Gasteiger partial charge in [-0.05, 0) is 28.2 Å². The van der Waals surface area contributed by atoms with Crippen LogP contribution in [0, 0.1) is 0 Å². The lowest BCUT2D eigenvalue weighted by Gasteiger charge is -2.26. The maximum Gasteiger partial charge on any atom is 0.413 e. The maximum atomic E-state index is 11.8. The van der Waals surface area contributed by atoms with Crippen molar-refractivity contribution in [2.75, 3.05) is 0 Å². The fourth-order valence-corrected chi connectivity index (χ4v) is 3.08. The zero-order valence-corrected chi connectivity index (χ0v) is 12.7. The molecular weight excluding hydrogens is 365 g/mol. The van der Waals surface area contributed by atoms with E-state index in [-0.39, 0.29) is 6.04 Å². The summed E-state index contributed by atoms with van der Waals surface area (Å²) in [5.41, 5.74) is 1.95. The molecule has 100 valence electrons. The van der Waals surface area contributed by atoms with Gasteiger partial charge >= 0.3 is 6.09 Å². The highest BCUT2D eigenvalue weighted by atomic mass is 127. The minimum Gasteiger partial charge on any atom is -0.409 e. The van der Waals surface area contributed by atoms with E-state index in [0.717, 1.165) is 14.7 Å². The summed E-state index contributed by atoms with van der Waals surface area (Å²) in [4.78, 5) is 11.8. The summed E-state index contributed by atoms with van der Waals surface area (Å²) in [5.74, 6) is 0.629. The zero-order chi connectivity index (χ0) is 13.9. The van der Waals surface area contributed by atoms with Crippen LogP contribution < -0.4 is 5.32 Å². The number of cyclic esters (lactones) is 1. The van der Waals surface area contributed by atoms with Gasteiger partial charge in [-0.25, -0.2) is 4.79 Å². The highest BCUT2D eigenvalue weighted by molar-refractivity contribution is 14.1. The Balaban J connectivity index is 2.06. The highest BCUT2D eigenvalue weighted by Gasteiger charge is 2.29. The summed E-state index contributed by atoms with van der Waals surface area (Å²) < 4.78 is 6.33. The monoisotopic (exact) mass is 377 g/mol. The second kappa shape index (κ2) is 5.66. The molecule has 1 aliphatic heterocycles. The number of hydrogen-bond donors (Lipinski definition) is 1. The molecular formula is C16H12INO2. The molecule has 3 rings (SSSR count). The first-order valence-electron chi connectivity index (χ1n) is 6.24. The first-order chi connectivity index (χ1) is 9.75. The molecule has 0 fully saturated rings. The average Bonchev–Trinajstić information content (AvgIpc) is 2.51. The van der Waals surface area contributed by atoms with Crippen molar-refractivity contribution in [1.29, 1.82) is 0 Å². The summed E-state index contributed by atoms with van der Waals surface area (Å²) >= 11 is 2.24. The molecule has 0 aromatic heterocycles. The number of ether oxygens (including phenoxy) is 1. The van der Waals surface area contributed by atoms with Crippen LogP contribution in [0.25, 0.3) is 5.76 Å². The molecule has 0 spiro atoms. The molecule has 1 N–H and O–H groups in total. The van der Waals surface area contributed by atoms with Crippen LogP contribution in [0.4, 0.5) is 4.79 Å².